The van der Waals surface area contributed by atoms with Crippen LogP contribution in [0.25, 0.3) is 5.57 Å². The average molecular weight is 330 g/mol. The van der Waals surface area contributed by atoms with Crippen molar-refractivity contribution in [2.75, 3.05) is 13.2 Å². The molecule has 2 heterocycles. The van der Waals surface area contributed by atoms with Gasteiger partial charge in [0.05, 0.1) is 23.9 Å². The lowest BCUT2D eigenvalue weighted by atomic mass is 9.72. The smallest absolute Gasteiger partial charge is 0.173 e. The van der Waals surface area contributed by atoms with Crippen molar-refractivity contribution < 1.29 is 24.1 Å². The van der Waals surface area contributed by atoms with E-state index in [0.717, 1.165) is 12.0 Å². The monoisotopic (exact) mass is 330 g/mol. The molecule has 0 bridgehead atoms. The van der Waals surface area contributed by atoms with Gasteiger partial charge in [-0.25, -0.2) is 0 Å². The summed E-state index contributed by atoms with van der Waals surface area (Å²) in [7, 11) is 0. The quantitative estimate of drug-likeness (QED) is 0.903. The molecule has 5 heteroatoms. The summed E-state index contributed by atoms with van der Waals surface area (Å²) in [4.78, 5) is 13.0. The van der Waals surface area contributed by atoms with Gasteiger partial charge in [-0.05, 0) is 30.0 Å². The van der Waals surface area contributed by atoms with Crippen LogP contribution in [0, 0.1) is 11.8 Å². The number of ether oxygens (including phenoxy) is 3. The van der Waals surface area contributed by atoms with Crippen LogP contribution in [0.4, 0.5) is 0 Å². The molecule has 4 unspecified atom stereocenters. The highest BCUT2D eigenvalue weighted by atomic mass is 16.6. The molecule has 1 aromatic rings. The van der Waals surface area contributed by atoms with Crippen LogP contribution in [-0.2, 0) is 9.53 Å². The number of hydrogen-bond acceptors (Lipinski definition) is 5. The van der Waals surface area contributed by atoms with Gasteiger partial charge >= 0.3 is 0 Å². The second kappa shape index (κ2) is 6.13. The highest BCUT2D eigenvalue weighted by molar-refractivity contribution is 6.22. The summed E-state index contributed by atoms with van der Waals surface area (Å²) in [5.74, 6) is 1.47. The number of carbonyl (C=O) groups excluding carboxylic acids is 1. The zero-order chi connectivity index (χ0) is 16.7. The van der Waals surface area contributed by atoms with E-state index in [1.807, 2.05) is 18.2 Å². The third-order valence-corrected chi connectivity index (χ3v) is 5.36. The molecule has 1 aromatic carbocycles. The van der Waals surface area contributed by atoms with Gasteiger partial charge in [0.15, 0.2) is 17.3 Å². The van der Waals surface area contributed by atoms with Gasteiger partial charge < -0.3 is 19.3 Å². The Morgan fingerprint density at radius 2 is 1.96 bits per heavy atom. The molecule has 1 aliphatic carbocycles. The third-order valence-electron chi connectivity index (χ3n) is 5.36. The molecule has 0 saturated heterocycles. The lowest BCUT2D eigenvalue weighted by Crippen LogP contribution is -2.44. The van der Waals surface area contributed by atoms with Crippen molar-refractivity contribution in [2.45, 2.75) is 38.4 Å². The Hall–Kier alpha value is -2.01. The summed E-state index contributed by atoms with van der Waals surface area (Å²) < 4.78 is 17.0. The first kappa shape index (κ1) is 15.5. The maximum absolute atomic E-state index is 13.0. The van der Waals surface area contributed by atoms with E-state index in [-0.39, 0.29) is 29.8 Å². The van der Waals surface area contributed by atoms with Gasteiger partial charge in [0.1, 0.15) is 19.3 Å². The topological polar surface area (TPSA) is 65.0 Å². The maximum atomic E-state index is 13.0. The molecule has 2 aliphatic heterocycles. The molecule has 3 aliphatic rings. The third kappa shape index (κ3) is 2.57. The standard InChI is InChI=1S/C19H22O5/c1-2-11-7-13-17(9-15(11)20)24-10-14(19(13)21)12-3-4-16-18(8-12)23-6-5-22-16/h3-4,8,10-11,13,15,17,20H,2,5-7,9H2,1H3. The number of rotatable bonds is 2. The SMILES string of the molecule is CCC1CC2C(=O)C(c3ccc4c(c3)OCCO4)=COC2CC1O. The first-order valence-corrected chi connectivity index (χ1v) is 8.65. The Kier molecular flexibility index (Phi) is 3.96. The van der Waals surface area contributed by atoms with E-state index in [9.17, 15) is 9.90 Å². The summed E-state index contributed by atoms with van der Waals surface area (Å²) in [5.41, 5.74) is 1.38. The Morgan fingerprint density at radius 1 is 1.17 bits per heavy atom. The van der Waals surface area contributed by atoms with Gasteiger partial charge in [-0.3, -0.25) is 4.79 Å². The van der Waals surface area contributed by atoms with Gasteiger partial charge in [0, 0.05) is 6.42 Å². The molecule has 0 aromatic heterocycles. The molecule has 128 valence electrons. The molecule has 4 rings (SSSR count). The molecule has 1 N–H and O–H groups in total. The van der Waals surface area contributed by atoms with Crippen molar-refractivity contribution in [1.82, 2.24) is 0 Å². The number of carbonyl (C=O) groups is 1. The van der Waals surface area contributed by atoms with Gasteiger partial charge in [-0.15, -0.1) is 0 Å². The van der Waals surface area contributed by atoms with Crippen LogP contribution in [0.2, 0.25) is 0 Å². The zero-order valence-electron chi connectivity index (χ0n) is 13.7. The van der Waals surface area contributed by atoms with E-state index in [1.54, 1.807) is 6.26 Å². The normalized spacial score (nSPS) is 31.8. The number of aliphatic hydroxyl groups excluding tert-OH is 1. The van der Waals surface area contributed by atoms with Crippen molar-refractivity contribution in [1.29, 1.82) is 0 Å². The van der Waals surface area contributed by atoms with Gasteiger partial charge in [-0.2, -0.15) is 0 Å². The molecule has 24 heavy (non-hydrogen) atoms. The Balaban J connectivity index is 1.62. The number of ketones is 1. The summed E-state index contributed by atoms with van der Waals surface area (Å²) in [6.45, 7) is 3.11. The van der Waals surface area contributed by atoms with Crippen molar-refractivity contribution in [3.63, 3.8) is 0 Å². The predicted molar refractivity (Wildman–Crippen MR) is 87.8 cm³/mol. The maximum Gasteiger partial charge on any atom is 0.173 e. The Bertz CT molecular complexity index is 680. The molecular weight excluding hydrogens is 308 g/mol. The first-order valence-electron chi connectivity index (χ1n) is 8.65. The number of fused-ring (bicyclic) bond motifs is 2. The molecule has 0 radical (unpaired) electrons. The van der Waals surface area contributed by atoms with Crippen molar-refractivity contribution >= 4 is 11.4 Å². The first-order chi connectivity index (χ1) is 11.7. The van der Waals surface area contributed by atoms with Crippen LogP contribution < -0.4 is 9.47 Å². The minimum atomic E-state index is -0.381. The fraction of sp³-hybridized carbons (Fsp3) is 0.526. The molecule has 5 nitrogen and oxygen atoms in total. The predicted octanol–water partition coefficient (Wildman–Crippen LogP) is 2.56. The summed E-state index contributed by atoms with van der Waals surface area (Å²) in [6.07, 6.45) is 3.04. The van der Waals surface area contributed by atoms with Crippen LogP contribution in [0.1, 0.15) is 31.7 Å². The molecule has 0 spiro atoms. The molecular formula is C19H22O5. The number of allylic oxidation sites excluding steroid dienone is 1. The number of hydrogen-bond donors (Lipinski definition) is 1. The van der Waals surface area contributed by atoms with E-state index in [1.165, 1.54) is 0 Å². The minimum absolute atomic E-state index is 0.105. The highest BCUT2D eigenvalue weighted by Gasteiger charge is 2.43. The summed E-state index contributed by atoms with van der Waals surface area (Å²) in [6, 6.07) is 5.55. The van der Waals surface area contributed by atoms with Crippen LogP contribution in [0.5, 0.6) is 11.5 Å². The zero-order valence-corrected chi connectivity index (χ0v) is 13.7. The molecule has 4 atom stereocenters. The van der Waals surface area contributed by atoms with Gasteiger partial charge in [0.25, 0.3) is 0 Å². The largest absolute Gasteiger partial charge is 0.496 e. The lowest BCUT2D eigenvalue weighted by Gasteiger charge is -2.40. The van der Waals surface area contributed by atoms with Gasteiger partial charge in [-0.1, -0.05) is 19.4 Å². The molecule has 0 amide bonds. The van der Waals surface area contributed by atoms with Crippen LogP contribution in [0.15, 0.2) is 24.5 Å². The second-order valence-electron chi connectivity index (χ2n) is 6.74. The number of benzene rings is 1. The van der Waals surface area contributed by atoms with Crippen molar-refractivity contribution in [3.8, 4) is 11.5 Å². The number of Topliss-reactive ketones (excluding diaryl/α,β-unsaturated/α-hetero) is 1. The van der Waals surface area contributed by atoms with Crippen molar-refractivity contribution in [3.05, 3.63) is 30.0 Å². The second-order valence-corrected chi connectivity index (χ2v) is 6.74. The Morgan fingerprint density at radius 3 is 2.75 bits per heavy atom. The Labute approximate surface area is 141 Å². The van der Waals surface area contributed by atoms with E-state index >= 15 is 0 Å². The van der Waals surface area contributed by atoms with Crippen LogP contribution in [0.3, 0.4) is 0 Å². The van der Waals surface area contributed by atoms with Crippen molar-refractivity contribution in [2.24, 2.45) is 11.8 Å². The molecule has 1 fully saturated rings. The van der Waals surface area contributed by atoms with E-state index in [0.29, 0.717) is 43.1 Å². The van der Waals surface area contributed by atoms with Crippen LogP contribution >= 0.6 is 0 Å². The molecule has 1 saturated carbocycles. The van der Waals surface area contributed by atoms with E-state index < -0.39 is 0 Å². The highest BCUT2D eigenvalue weighted by Crippen LogP contribution is 2.41. The van der Waals surface area contributed by atoms with E-state index in [4.69, 9.17) is 14.2 Å². The summed E-state index contributed by atoms with van der Waals surface area (Å²) in [5, 5.41) is 10.2. The van der Waals surface area contributed by atoms with Gasteiger partial charge in [0.2, 0.25) is 0 Å². The van der Waals surface area contributed by atoms with E-state index in [2.05, 4.69) is 6.92 Å². The minimum Gasteiger partial charge on any atom is -0.496 e. The van der Waals surface area contributed by atoms with Crippen LogP contribution in [-0.4, -0.2) is 36.3 Å². The number of aliphatic hydroxyl groups is 1. The fourth-order valence-corrected chi connectivity index (χ4v) is 3.93. The summed E-state index contributed by atoms with van der Waals surface area (Å²) >= 11 is 0. The fourth-order valence-electron chi connectivity index (χ4n) is 3.93. The average Bonchev–Trinajstić information content (AvgIpc) is 2.61. The lowest BCUT2D eigenvalue weighted by molar-refractivity contribution is -0.129.